The van der Waals surface area contributed by atoms with Crippen molar-refractivity contribution in [1.82, 2.24) is 4.98 Å². The lowest BCUT2D eigenvalue weighted by molar-refractivity contribution is -0.143. The Balaban J connectivity index is 1.84. The number of hydrogen-bond acceptors (Lipinski definition) is 2. The highest BCUT2D eigenvalue weighted by atomic mass is 35.5. The fourth-order valence-corrected chi connectivity index (χ4v) is 2.88. The number of fused-ring (bicyclic) bond motifs is 1. The fraction of sp³-hybridized carbons (Fsp3) is 0.211. The van der Waals surface area contributed by atoms with E-state index in [0.29, 0.717) is 19.4 Å². The van der Waals surface area contributed by atoms with Crippen LogP contribution in [0.2, 0.25) is 5.02 Å². The smallest absolute Gasteiger partial charge is 0.306 e. The van der Waals surface area contributed by atoms with Crippen LogP contribution in [0, 0.1) is 0 Å². The van der Waals surface area contributed by atoms with Gasteiger partial charge < -0.3 is 9.72 Å². The average molecular weight is 328 g/mol. The summed E-state index contributed by atoms with van der Waals surface area (Å²) in [6.45, 7) is 2.25. The minimum atomic E-state index is -0.154. The summed E-state index contributed by atoms with van der Waals surface area (Å²) >= 11 is 6.26. The Kier molecular flexibility index (Phi) is 4.68. The highest BCUT2D eigenvalue weighted by molar-refractivity contribution is 6.33. The molecule has 0 saturated heterocycles. The molecule has 0 atom stereocenters. The van der Waals surface area contributed by atoms with Gasteiger partial charge in [0.1, 0.15) is 0 Å². The predicted octanol–water partition coefficient (Wildman–Crippen LogP) is 4.98. The molecular formula is C19H18ClNO2. The molecule has 0 unspecified atom stereocenters. The Labute approximate surface area is 140 Å². The van der Waals surface area contributed by atoms with Gasteiger partial charge in [-0.3, -0.25) is 4.79 Å². The lowest BCUT2D eigenvalue weighted by atomic mass is 10.1. The second-order valence-electron chi connectivity index (χ2n) is 5.39. The van der Waals surface area contributed by atoms with Gasteiger partial charge in [0.05, 0.1) is 6.61 Å². The highest BCUT2D eigenvalue weighted by Crippen LogP contribution is 2.30. The van der Waals surface area contributed by atoms with E-state index in [9.17, 15) is 4.79 Å². The van der Waals surface area contributed by atoms with Crippen molar-refractivity contribution in [3.8, 4) is 11.3 Å². The van der Waals surface area contributed by atoms with E-state index in [1.807, 2.05) is 43.3 Å². The maximum Gasteiger partial charge on any atom is 0.306 e. The lowest BCUT2D eigenvalue weighted by Crippen LogP contribution is -2.04. The van der Waals surface area contributed by atoms with Crippen LogP contribution in [0.1, 0.15) is 18.9 Å². The molecule has 0 aliphatic carbocycles. The van der Waals surface area contributed by atoms with Crippen LogP contribution < -0.4 is 0 Å². The average Bonchev–Trinajstić information content (AvgIpc) is 2.96. The summed E-state index contributed by atoms with van der Waals surface area (Å²) in [5.74, 6) is -0.154. The highest BCUT2D eigenvalue weighted by Gasteiger charge is 2.08. The first-order chi connectivity index (χ1) is 11.2. The molecule has 3 nitrogen and oxygen atoms in total. The zero-order valence-corrected chi connectivity index (χ0v) is 13.7. The molecule has 0 aliphatic rings. The van der Waals surface area contributed by atoms with Crippen molar-refractivity contribution in [2.24, 2.45) is 0 Å². The van der Waals surface area contributed by atoms with Crippen molar-refractivity contribution in [3.05, 3.63) is 59.1 Å². The first-order valence-corrected chi connectivity index (χ1v) is 8.07. The van der Waals surface area contributed by atoms with Gasteiger partial charge in [-0.1, -0.05) is 35.9 Å². The zero-order chi connectivity index (χ0) is 16.2. The Morgan fingerprint density at radius 1 is 1.17 bits per heavy atom. The monoisotopic (exact) mass is 327 g/mol. The second-order valence-corrected chi connectivity index (χ2v) is 5.80. The summed E-state index contributed by atoms with van der Waals surface area (Å²) in [7, 11) is 0. The van der Waals surface area contributed by atoms with E-state index in [1.165, 1.54) is 0 Å². The number of carbonyl (C=O) groups excluding carboxylic acids is 1. The predicted molar refractivity (Wildman–Crippen MR) is 93.7 cm³/mol. The Hall–Kier alpha value is -2.26. The van der Waals surface area contributed by atoms with Crippen molar-refractivity contribution >= 4 is 28.5 Å². The number of esters is 1. The Morgan fingerprint density at radius 3 is 2.78 bits per heavy atom. The molecule has 0 amide bonds. The summed E-state index contributed by atoms with van der Waals surface area (Å²) in [5, 5.41) is 1.84. The van der Waals surface area contributed by atoms with Crippen molar-refractivity contribution in [2.75, 3.05) is 6.61 Å². The van der Waals surface area contributed by atoms with Crippen LogP contribution in [0.15, 0.2) is 48.5 Å². The van der Waals surface area contributed by atoms with Crippen molar-refractivity contribution in [1.29, 1.82) is 0 Å². The Bertz CT molecular complexity index is 838. The minimum absolute atomic E-state index is 0.154. The van der Waals surface area contributed by atoms with Gasteiger partial charge >= 0.3 is 5.97 Å². The summed E-state index contributed by atoms with van der Waals surface area (Å²) in [4.78, 5) is 14.9. The van der Waals surface area contributed by atoms with E-state index in [-0.39, 0.29) is 5.97 Å². The molecule has 0 spiro atoms. The van der Waals surface area contributed by atoms with E-state index in [2.05, 4.69) is 17.1 Å². The van der Waals surface area contributed by atoms with Gasteiger partial charge in [-0.2, -0.15) is 0 Å². The van der Waals surface area contributed by atoms with Crippen LogP contribution in [0.5, 0.6) is 0 Å². The zero-order valence-electron chi connectivity index (χ0n) is 12.9. The Morgan fingerprint density at radius 2 is 2.00 bits per heavy atom. The van der Waals surface area contributed by atoms with Crippen molar-refractivity contribution in [2.45, 2.75) is 19.8 Å². The van der Waals surface area contributed by atoms with Gasteiger partial charge in [-0.25, -0.2) is 0 Å². The molecule has 0 saturated carbocycles. The third-order valence-corrected chi connectivity index (χ3v) is 4.10. The molecule has 0 aliphatic heterocycles. The maximum atomic E-state index is 11.5. The molecule has 4 heteroatoms. The van der Waals surface area contributed by atoms with Crippen LogP contribution in [-0.2, 0) is 16.0 Å². The number of carbonyl (C=O) groups is 1. The number of aryl methyl sites for hydroxylation is 1. The SMILES string of the molecule is CCOC(=O)CCc1ccc2[nH]c(-c3ccccc3Cl)cc2c1. The number of rotatable bonds is 5. The summed E-state index contributed by atoms with van der Waals surface area (Å²) in [6.07, 6.45) is 1.09. The van der Waals surface area contributed by atoms with Crippen LogP contribution in [0.25, 0.3) is 22.2 Å². The van der Waals surface area contributed by atoms with Gasteiger partial charge in [0.25, 0.3) is 0 Å². The van der Waals surface area contributed by atoms with Gasteiger partial charge in [0, 0.05) is 33.6 Å². The van der Waals surface area contributed by atoms with E-state index in [1.54, 1.807) is 0 Å². The topological polar surface area (TPSA) is 42.1 Å². The third kappa shape index (κ3) is 3.57. The van der Waals surface area contributed by atoms with Crippen LogP contribution >= 0.6 is 11.6 Å². The lowest BCUT2D eigenvalue weighted by Gasteiger charge is -2.02. The molecule has 0 bridgehead atoms. The van der Waals surface area contributed by atoms with Gasteiger partial charge in [0.15, 0.2) is 0 Å². The summed E-state index contributed by atoms with van der Waals surface area (Å²) < 4.78 is 4.97. The number of nitrogens with one attached hydrogen (secondary N) is 1. The third-order valence-electron chi connectivity index (χ3n) is 3.77. The number of aromatic amines is 1. The van der Waals surface area contributed by atoms with Crippen LogP contribution in [0.4, 0.5) is 0 Å². The number of ether oxygens (including phenoxy) is 1. The quantitative estimate of drug-likeness (QED) is 0.671. The van der Waals surface area contributed by atoms with Gasteiger partial charge in [0.2, 0.25) is 0 Å². The first kappa shape index (κ1) is 15.6. The van der Waals surface area contributed by atoms with E-state index in [4.69, 9.17) is 16.3 Å². The number of halogens is 1. The number of hydrogen-bond donors (Lipinski definition) is 1. The van der Waals surface area contributed by atoms with E-state index < -0.39 is 0 Å². The van der Waals surface area contributed by atoms with Gasteiger partial charge in [-0.05, 0) is 43.2 Å². The first-order valence-electron chi connectivity index (χ1n) is 7.69. The molecule has 0 radical (unpaired) electrons. The molecule has 3 rings (SSSR count). The molecular weight excluding hydrogens is 310 g/mol. The van der Waals surface area contributed by atoms with Crippen molar-refractivity contribution < 1.29 is 9.53 Å². The summed E-state index contributed by atoms with van der Waals surface area (Å²) in [6, 6.07) is 16.0. The molecule has 23 heavy (non-hydrogen) atoms. The number of H-pyrrole nitrogens is 1. The standard InChI is InChI=1S/C19H18ClNO2/c1-2-23-19(22)10-8-13-7-9-17-14(11-13)12-18(21-17)15-5-3-4-6-16(15)20/h3-7,9,11-12,21H,2,8,10H2,1H3. The van der Waals surface area contributed by atoms with Crippen LogP contribution in [0.3, 0.4) is 0 Å². The summed E-state index contributed by atoms with van der Waals surface area (Å²) in [5.41, 5.74) is 4.15. The largest absolute Gasteiger partial charge is 0.466 e. The molecule has 1 heterocycles. The minimum Gasteiger partial charge on any atom is -0.466 e. The second kappa shape index (κ2) is 6.88. The molecule has 118 valence electrons. The van der Waals surface area contributed by atoms with Gasteiger partial charge in [-0.15, -0.1) is 0 Å². The van der Waals surface area contributed by atoms with E-state index in [0.717, 1.165) is 32.7 Å². The number of benzene rings is 2. The molecule has 1 N–H and O–H groups in total. The fourth-order valence-electron chi connectivity index (χ4n) is 2.64. The molecule has 1 aromatic heterocycles. The van der Waals surface area contributed by atoms with Crippen molar-refractivity contribution in [3.63, 3.8) is 0 Å². The maximum absolute atomic E-state index is 11.5. The number of aromatic nitrogens is 1. The normalized spacial score (nSPS) is 10.9. The van der Waals surface area contributed by atoms with Crippen LogP contribution in [-0.4, -0.2) is 17.6 Å². The van der Waals surface area contributed by atoms with E-state index >= 15 is 0 Å². The molecule has 0 fully saturated rings. The molecule has 3 aromatic rings. The molecule has 2 aromatic carbocycles.